The Balaban J connectivity index is 1.59. The first-order valence-corrected chi connectivity index (χ1v) is 11.5. The van der Waals surface area contributed by atoms with E-state index in [9.17, 15) is 13.6 Å². The Morgan fingerprint density at radius 3 is 2.74 bits per heavy atom. The summed E-state index contributed by atoms with van der Waals surface area (Å²) in [6, 6.07) is 3.50. The van der Waals surface area contributed by atoms with E-state index in [1.165, 1.54) is 7.11 Å². The Morgan fingerprint density at radius 1 is 1.21 bits per heavy atom. The largest absolute Gasteiger partial charge is 0.490 e. The smallest absolute Gasteiger partial charge is 0.409 e. The number of aromatic nitrogens is 2. The molecule has 0 radical (unpaired) electrons. The summed E-state index contributed by atoms with van der Waals surface area (Å²) in [6.45, 7) is 1.94. The Morgan fingerprint density at radius 2 is 2.00 bits per heavy atom. The first-order valence-electron chi connectivity index (χ1n) is 11.5. The van der Waals surface area contributed by atoms with Crippen LogP contribution in [0.25, 0.3) is 0 Å². The molecule has 3 aliphatic heterocycles. The topological polar surface area (TPSA) is 78.3 Å². The van der Waals surface area contributed by atoms with Crippen LogP contribution < -0.4 is 14.4 Å². The number of aryl methyl sites for hydroxylation is 1. The van der Waals surface area contributed by atoms with Gasteiger partial charge in [0.15, 0.2) is 5.82 Å². The minimum absolute atomic E-state index is 0.0955. The second kappa shape index (κ2) is 9.28. The molecule has 1 fully saturated rings. The fourth-order valence-corrected chi connectivity index (χ4v) is 4.95. The molecule has 5 rings (SSSR count). The van der Waals surface area contributed by atoms with E-state index in [-0.39, 0.29) is 17.9 Å². The SMILES string of the molecule is COC(=O)N1CCc2c(c(N3CCOc4cc(C)c(OC(F)F)cc43)nn2C2CCOCC2)C1. The summed E-state index contributed by atoms with van der Waals surface area (Å²) in [5.74, 6) is 1.38. The highest BCUT2D eigenvalue weighted by Crippen LogP contribution is 2.43. The van der Waals surface area contributed by atoms with Crippen molar-refractivity contribution in [3.8, 4) is 11.5 Å². The van der Waals surface area contributed by atoms with Crippen molar-refractivity contribution >= 4 is 17.6 Å². The standard InChI is InChI=1S/C23H28F2N4O5/c1-14-11-20-18(12-19(14)34-22(24)25)28(7-10-33-20)21-16-13-27(23(30)31-2)6-3-17(16)29(26-21)15-4-8-32-9-5-15/h11-12,15,22H,3-10,13H2,1-2H3. The van der Waals surface area contributed by atoms with E-state index < -0.39 is 6.61 Å². The van der Waals surface area contributed by atoms with Gasteiger partial charge in [-0.1, -0.05) is 0 Å². The molecule has 2 aromatic rings. The van der Waals surface area contributed by atoms with Gasteiger partial charge in [-0.2, -0.15) is 13.9 Å². The van der Waals surface area contributed by atoms with Gasteiger partial charge in [-0.05, 0) is 31.4 Å². The fraction of sp³-hybridized carbons (Fsp3) is 0.565. The summed E-state index contributed by atoms with van der Waals surface area (Å²) in [6.07, 6.45) is 1.99. The van der Waals surface area contributed by atoms with Crippen LogP contribution in [0.4, 0.5) is 25.1 Å². The average molecular weight is 478 g/mol. The third-order valence-corrected chi connectivity index (χ3v) is 6.63. The van der Waals surface area contributed by atoms with Crippen LogP contribution in [0.1, 0.15) is 35.7 Å². The molecule has 184 valence electrons. The second-order valence-electron chi connectivity index (χ2n) is 8.64. The number of halogens is 2. The number of ether oxygens (including phenoxy) is 4. The highest BCUT2D eigenvalue weighted by Gasteiger charge is 2.35. The minimum atomic E-state index is -2.93. The van der Waals surface area contributed by atoms with Gasteiger partial charge in [0.2, 0.25) is 0 Å². The number of carbonyl (C=O) groups is 1. The van der Waals surface area contributed by atoms with Gasteiger partial charge >= 0.3 is 12.7 Å². The molecule has 0 bridgehead atoms. The van der Waals surface area contributed by atoms with Gasteiger partial charge < -0.3 is 28.7 Å². The maximum Gasteiger partial charge on any atom is 0.409 e. The lowest BCUT2D eigenvalue weighted by molar-refractivity contribution is -0.0503. The molecule has 0 N–H and O–H groups in total. The Kier molecular flexibility index (Phi) is 6.20. The first kappa shape index (κ1) is 22.7. The van der Waals surface area contributed by atoms with Crippen molar-refractivity contribution in [3.05, 3.63) is 29.0 Å². The van der Waals surface area contributed by atoms with Gasteiger partial charge in [-0.15, -0.1) is 0 Å². The molecule has 0 spiro atoms. The maximum absolute atomic E-state index is 13.0. The number of amides is 1. The Labute approximate surface area is 196 Å². The molecule has 1 aromatic heterocycles. The zero-order chi connectivity index (χ0) is 23.8. The van der Waals surface area contributed by atoms with E-state index in [4.69, 9.17) is 24.0 Å². The zero-order valence-corrected chi connectivity index (χ0v) is 19.3. The number of methoxy groups -OCH3 is 1. The Bertz CT molecular complexity index is 1070. The number of rotatable bonds is 4. The highest BCUT2D eigenvalue weighted by atomic mass is 19.3. The molecule has 1 saturated heterocycles. The van der Waals surface area contributed by atoms with Crippen LogP contribution in [0, 0.1) is 6.92 Å². The number of hydrogen-bond acceptors (Lipinski definition) is 7. The van der Waals surface area contributed by atoms with Crippen LogP contribution in [0.3, 0.4) is 0 Å². The molecule has 0 unspecified atom stereocenters. The zero-order valence-electron chi connectivity index (χ0n) is 19.3. The summed E-state index contributed by atoms with van der Waals surface area (Å²) in [7, 11) is 1.37. The molecule has 4 heterocycles. The molecular weight excluding hydrogens is 450 g/mol. The van der Waals surface area contributed by atoms with Crippen LogP contribution in [-0.4, -0.2) is 67.4 Å². The van der Waals surface area contributed by atoms with Crippen LogP contribution in [0.15, 0.2) is 12.1 Å². The van der Waals surface area contributed by atoms with Crippen molar-refractivity contribution in [2.24, 2.45) is 0 Å². The summed E-state index contributed by atoms with van der Waals surface area (Å²) in [5.41, 5.74) is 3.20. The summed E-state index contributed by atoms with van der Waals surface area (Å²) in [4.78, 5) is 15.9. The Hall–Kier alpha value is -3.08. The lowest BCUT2D eigenvalue weighted by Gasteiger charge is -2.32. The molecule has 34 heavy (non-hydrogen) atoms. The third kappa shape index (κ3) is 4.13. The molecule has 9 nitrogen and oxygen atoms in total. The number of anilines is 2. The minimum Gasteiger partial charge on any atom is -0.490 e. The van der Waals surface area contributed by atoms with E-state index in [0.717, 1.165) is 24.1 Å². The monoisotopic (exact) mass is 478 g/mol. The number of alkyl halides is 2. The van der Waals surface area contributed by atoms with Crippen LogP contribution in [-0.2, 0) is 22.4 Å². The number of benzene rings is 1. The van der Waals surface area contributed by atoms with Gasteiger partial charge in [0.1, 0.15) is 18.1 Å². The molecule has 0 saturated carbocycles. The van der Waals surface area contributed by atoms with E-state index in [0.29, 0.717) is 68.7 Å². The molecule has 1 amide bonds. The van der Waals surface area contributed by atoms with Crippen molar-refractivity contribution in [2.45, 2.75) is 45.4 Å². The van der Waals surface area contributed by atoms with E-state index >= 15 is 0 Å². The van der Waals surface area contributed by atoms with Crippen LogP contribution in [0.5, 0.6) is 11.5 Å². The van der Waals surface area contributed by atoms with Crippen LogP contribution in [0.2, 0.25) is 0 Å². The number of hydrogen-bond donors (Lipinski definition) is 0. The molecule has 0 atom stereocenters. The van der Waals surface area contributed by atoms with Gasteiger partial charge in [0, 0.05) is 43.5 Å². The van der Waals surface area contributed by atoms with Crippen molar-refractivity contribution in [2.75, 3.05) is 44.9 Å². The van der Waals surface area contributed by atoms with Crippen molar-refractivity contribution in [1.29, 1.82) is 0 Å². The number of fused-ring (bicyclic) bond motifs is 2. The molecule has 3 aliphatic rings. The normalized spacial score (nSPS) is 18.4. The third-order valence-electron chi connectivity index (χ3n) is 6.63. The fourth-order valence-electron chi connectivity index (χ4n) is 4.95. The predicted molar refractivity (Wildman–Crippen MR) is 118 cm³/mol. The molecule has 11 heteroatoms. The molecular formula is C23H28F2N4O5. The lowest BCUT2D eigenvalue weighted by Crippen LogP contribution is -2.37. The first-order chi connectivity index (χ1) is 16.5. The summed E-state index contributed by atoms with van der Waals surface area (Å²) in [5, 5.41) is 5.03. The second-order valence-corrected chi connectivity index (χ2v) is 8.64. The van der Waals surface area contributed by atoms with Gasteiger partial charge in [0.25, 0.3) is 0 Å². The van der Waals surface area contributed by atoms with Crippen molar-refractivity contribution in [1.82, 2.24) is 14.7 Å². The summed E-state index contributed by atoms with van der Waals surface area (Å²) < 4.78 is 49.2. The molecule has 0 aliphatic carbocycles. The van der Waals surface area contributed by atoms with E-state index in [2.05, 4.69) is 4.68 Å². The number of carbonyl (C=O) groups excluding carboxylic acids is 1. The van der Waals surface area contributed by atoms with Crippen LogP contribution >= 0.6 is 0 Å². The van der Waals surface area contributed by atoms with Gasteiger partial charge in [-0.25, -0.2) is 4.79 Å². The number of nitrogens with zero attached hydrogens (tertiary/aromatic N) is 4. The molecule has 1 aromatic carbocycles. The van der Waals surface area contributed by atoms with E-state index in [1.807, 2.05) is 4.90 Å². The van der Waals surface area contributed by atoms with Crippen molar-refractivity contribution in [3.63, 3.8) is 0 Å². The highest BCUT2D eigenvalue weighted by molar-refractivity contribution is 5.74. The summed E-state index contributed by atoms with van der Waals surface area (Å²) >= 11 is 0. The van der Waals surface area contributed by atoms with E-state index in [1.54, 1.807) is 24.0 Å². The maximum atomic E-state index is 13.0. The van der Waals surface area contributed by atoms with Crippen molar-refractivity contribution < 1.29 is 32.5 Å². The predicted octanol–water partition coefficient (Wildman–Crippen LogP) is 3.80. The average Bonchev–Trinajstić information content (AvgIpc) is 3.22. The lowest BCUT2D eigenvalue weighted by atomic mass is 10.0. The quantitative estimate of drug-likeness (QED) is 0.662. The van der Waals surface area contributed by atoms with Gasteiger partial charge in [0.05, 0.1) is 31.9 Å². The van der Waals surface area contributed by atoms with Gasteiger partial charge in [-0.3, -0.25) is 4.68 Å².